The maximum Gasteiger partial charge on any atom is 0.203 e. The van der Waals surface area contributed by atoms with Crippen molar-refractivity contribution in [1.82, 2.24) is 4.90 Å². The molecule has 1 aromatic carbocycles. The minimum atomic E-state index is -1.53. The molecule has 3 nitrogen and oxygen atoms in total. The lowest BCUT2D eigenvalue weighted by Gasteiger charge is -2.38. The van der Waals surface area contributed by atoms with E-state index in [2.05, 4.69) is 0 Å². The topological polar surface area (TPSA) is 32.7 Å². The fourth-order valence-electron chi connectivity index (χ4n) is 2.44. The Balaban J connectivity index is 2.16. The van der Waals surface area contributed by atoms with Crippen LogP contribution in [0, 0.1) is 23.4 Å². The Hall–Kier alpha value is -1.27. The van der Waals surface area contributed by atoms with E-state index in [0.717, 1.165) is 25.1 Å². The molecule has 2 atom stereocenters. The van der Waals surface area contributed by atoms with Crippen molar-refractivity contribution in [2.24, 2.45) is 5.92 Å². The molecule has 0 spiro atoms. The van der Waals surface area contributed by atoms with Crippen molar-refractivity contribution >= 4 is 0 Å². The first-order chi connectivity index (χ1) is 9.56. The van der Waals surface area contributed by atoms with Crippen molar-refractivity contribution in [2.75, 3.05) is 19.7 Å². The van der Waals surface area contributed by atoms with Crippen LogP contribution in [0.4, 0.5) is 13.2 Å². The van der Waals surface area contributed by atoms with Crippen LogP contribution in [0.15, 0.2) is 12.1 Å². The number of rotatable bonds is 4. The van der Waals surface area contributed by atoms with Gasteiger partial charge in [-0.05, 0) is 31.0 Å². The number of piperidine rings is 1. The van der Waals surface area contributed by atoms with Crippen LogP contribution in [0.1, 0.15) is 19.8 Å². The SMILES string of the molecule is CCN1CCC(CO)CC1Oc1ccc(F)c(F)c1F. The molecule has 0 amide bonds. The van der Waals surface area contributed by atoms with Crippen LogP contribution in [-0.2, 0) is 0 Å². The maximum absolute atomic E-state index is 13.6. The van der Waals surface area contributed by atoms with Crippen LogP contribution in [0.3, 0.4) is 0 Å². The summed E-state index contributed by atoms with van der Waals surface area (Å²) in [6.07, 6.45) is 0.929. The lowest BCUT2D eigenvalue weighted by Crippen LogP contribution is -2.46. The van der Waals surface area contributed by atoms with Crippen LogP contribution in [0.25, 0.3) is 0 Å². The molecule has 1 N–H and O–H groups in total. The minimum Gasteiger partial charge on any atom is -0.472 e. The van der Waals surface area contributed by atoms with Gasteiger partial charge in [0.1, 0.15) is 0 Å². The van der Waals surface area contributed by atoms with Crippen LogP contribution in [-0.4, -0.2) is 35.9 Å². The summed E-state index contributed by atoms with van der Waals surface area (Å²) in [5.41, 5.74) is 0. The Labute approximate surface area is 116 Å². The highest BCUT2D eigenvalue weighted by molar-refractivity contribution is 5.26. The van der Waals surface area contributed by atoms with Crippen molar-refractivity contribution in [2.45, 2.75) is 26.0 Å². The largest absolute Gasteiger partial charge is 0.472 e. The van der Waals surface area contributed by atoms with Crippen molar-refractivity contribution < 1.29 is 23.0 Å². The molecule has 112 valence electrons. The summed E-state index contributed by atoms with van der Waals surface area (Å²) < 4.78 is 45.2. The molecular formula is C14H18F3NO2. The predicted octanol–water partition coefficient (Wildman–Crippen LogP) is 2.53. The van der Waals surface area contributed by atoms with Gasteiger partial charge in [0.25, 0.3) is 0 Å². The van der Waals surface area contributed by atoms with Crippen molar-refractivity contribution in [3.63, 3.8) is 0 Å². The van der Waals surface area contributed by atoms with Gasteiger partial charge in [-0.2, -0.15) is 4.39 Å². The first kappa shape index (κ1) is 15.1. The van der Waals surface area contributed by atoms with E-state index in [1.165, 1.54) is 0 Å². The minimum absolute atomic E-state index is 0.0394. The summed E-state index contributed by atoms with van der Waals surface area (Å²) in [4.78, 5) is 1.98. The normalized spacial score (nSPS) is 23.9. The molecule has 0 radical (unpaired) electrons. The average Bonchev–Trinajstić information content (AvgIpc) is 2.47. The molecule has 1 saturated heterocycles. The molecule has 0 bridgehead atoms. The van der Waals surface area contributed by atoms with Crippen LogP contribution >= 0.6 is 0 Å². The van der Waals surface area contributed by atoms with Gasteiger partial charge in [0.05, 0.1) is 0 Å². The number of hydrogen-bond donors (Lipinski definition) is 1. The molecule has 2 unspecified atom stereocenters. The van der Waals surface area contributed by atoms with Crippen molar-refractivity contribution in [3.05, 3.63) is 29.6 Å². The number of ether oxygens (including phenoxy) is 1. The van der Waals surface area contributed by atoms with Crippen molar-refractivity contribution in [3.8, 4) is 5.75 Å². The molecule has 1 heterocycles. The second-order valence-corrected chi connectivity index (χ2v) is 4.95. The highest BCUT2D eigenvalue weighted by Crippen LogP contribution is 2.28. The lowest BCUT2D eigenvalue weighted by atomic mass is 9.96. The number of nitrogens with zero attached hydrogens (tertiary/aromatic N) is 1. The van der Waals surface area contributed by atoms with Gasteiger partial charge < -0.3 is 9.84 Å². The molecule has 1 aliphatic heterocycles. The standard InChI is InChI=1S/C14H18F3NO2/c1-2-18-6-5-9(8-19)7-12(18)20-11-4-3-10(15)13(16)14(11)17/h3-4,9,12,19H,2,5-8H2,1H3. The highest BCUT2D eigenvalue weighted by Gasteiger charge is 2.29. The molecule has 0 aliphatic carbocycles. The van der Waals surface area contributed by atoms with Gasteiger partial charge in [-0.15, -0.1) is 0 Å². The summed E-state index contributed by atoms with van der Waals surface area (Å²) in [7, 11) is 0. The first-order valence-electron chi connectivity index (χ1n) is 6.71. The third-order valence-corrected chi connectivity index (χ3v) is 3.69. The number of benzene rings is 1. The smallest absolute Gasteiger partial charge is 0.203 e. The zero-order valence-corrected chi connectivity index (χ0v) is 11.3. The Kier molecular flexibility index (Phi) is 4.88. The average molecular weight is 289 g/mol. The second kappa shape index (κ2) is 6.45. The Morgan fingerprint density at radius 2 is 2.05 bits per heavy atom. The van der Waals surface area contributed by atoms with Crippen LogP contribution in [0.2, 0.25) is 0 Å². The molecule has 1 aromatic rings. The number of hydrogen-bond acceptors (Lipinski definition) is 3. The maximum atomic E-state index is 13.6. The monoisotopic (exact) mass is 289 g/mol. The van der Waals surface area contributed by atoms with E-state index in [0.29, 0.717) is 13.0 Å². The fourth-order valence-corrected chi connectivity index (χ4v) is 2.44. The Bertz CT molecular complexity index is 470. The first-order valence-corrected chi connectivity index (χ1v) is 6.71. The van der Waals surface area contributed by atoms with Crippen molar-refractivity contribution in [1.29, 1.82) is 0 Å². The van der Waals surface area contributed by atoms with Gasteiger partial charge in [0.2, 0.25) is 5.82 Å². The summed E-state index contributed by atoms with van der Waals surface area (Å²) in [5, 5.41) is 9.21. The summed E-state index contributed by atoms with van der Waals surface area (Å²) in [6.45, 7) is 3.40. The van der Waals surface area contributed by atoms with E-state index < -0.39 is 23.7 Å². The number of aliphatic hydroxyl groups is 1. The summed E-state index contributed by atoms with van der Waals surface area (Å²) in [5.74, 6) is -4.30. The van der Waals surface area contributed by atoms with Gasteiger partial charge in [-0.3, -0.25) is 4.90 Å². The molecule has 1 aliphatic rings. The zero-order chi connectivity index (χ0) is 14.7. The zero-order valence-electron chi connectivity index (χ0n) is 11.3. The molecule has 20 heavy (non-hydrogen) atoms. The molecule has 2 rings (SSSR count). The predicted molar refractivity (Wildman–Crippen MR) is 67.8 cm³/mol. The molecule has 0 saturated carbocycles. The second-order valence-electron chi connectivity index (χ2n) is 4.95. The Morgan fingerprint density at radius 3 is 2.70 bits per heavy atom. The van der Waals surface area contributed by atoms with E-state index in [-0.39, 0.29) is 18.3 Å². The third kappa shape index (κ3) is 3.07. The Morgan fingerprint density at radius 1 is 1.30 bits per heavy atom. The molecule has 1 fully saturated rings. The molecule has 0 aromatic heterocycles. The summed E-state index contributed by atoms with van der Waals surface area (Å²) in [6, 6.07) is 1.93. The van der Waals surface area contributed by atoms with E-state index in [1.54, 1.807) is 0 Å². The van der Waals surface area contributed by atoms with E-state index in [9.17, 15) is 18.3 Å². The van der Waals surface area contributed by atoms with E-state index in [1.807, 2.05) is 11.8 Å². The summed E-state index contributed by atoms with van der Waals surface area (Å²) >= 11 is 0. The third-order valence-electron chi connectivity index (χ3n) is 3.69. The quantitative estimate of drug-likeness (QED) is 0.865. The lowest BCUT2D eigenvalue weighted by molar-refractivity contribution is -0.0324. The van der Waals surface area contributed by atoms with Gasteiger partial charge in [-0.25, -0.2) is 8.78 Å². The number of aliphatic hydroxyl groups excluding tert-OH is 1. The van der Waals surface area contributed by atoms with Crippen LogP contribution in [0.5, 0.6) is 5.75 Å². The van der Waals surface area contributed by atoms with Gasteiger partial charge in [0, 0.05) is 19.6 Å². The molecular weight excluding hydrogens is 271 g/mol. The van der Waals surface area contributed by atoms with E-state index in [4.69, 9.17) is 4.74 Å². The molecule has 6 heteroatoms. The number of halogens is 3. The fraction of sp³-hybridized carbons (Fsp3) is 0.571. The van der Waals surface area contributed by atoms with Crippen LogP contribution < -0.4 is 4.74 Å². The number of likely N-dealkylation sites (tertiary alicyclic amines) is 1. The van der Waals surface area contributed by atoms with Gasteiger partial charge >= 0.3 is 0 Å². The highest BCUT2D eigenvalue weighted by atomic mass is 19.2. The van der Waals surface area contributed by atoms with Gasteiger partial charge in [0.15, 0.2) is 23.6 Å². The van der Waals surface area contributed by atoms with Gasteiger partial charge in [-0.1, -0.05) is 6.92 Å². The van der Waals surface area contributed by atoms with E-state index >= 15 is 0 Å².